The third kappa shape index (κ3) is 3.28. The number of hydrogen-bond donors (Lipinski definition) is 1. The van der Waals surface area contributed by atoms with Crippen LogP contribution in [0, 0.1) is 11.8 Å². The van der Waals surface area contributed by atoms with E-state index in [4.69, 9.17) is 4.74 Å². The standard InChI is InChI=1S/C11H23NO/c1-4-12-10(3)9(2)11-6-5-7-13-8-11/h9-12H,4-8H2,1-3H3. The summed E-state index contributed by atoms with van der Waals surface area (Å²) in [6.45, 7) is 9.80. The van der Waals surface area contributed by atoms with E-state index < -0.39 is 0 Å². The summed E-state index contributed by atoms with van der Waals surface area (Å²) in [7, 11) is 0. The van der Waals surface area contributed by atoms with Crippen molar-refractivity contribution in [3.63, 3.8) is 0 Å². The van der Waals surface area contributed by atoms with Gasteiger partial charge in [-0.15, -0.1) is 0 Å². The fourth-order valence-electron chi connectivity index (χ4n) is 2.10. The van der Waals surface area contributed by atoms with Crippen molar-refractivity contribution in [1.29, 1.82) is 0 Å². The van der Waals surface area contributed by atoms with Gasteiger partial charge in [-0.3, -0.25) is 0 Å². The molecule has 3 unspecified atom stereocenters. The molecule has 1 heterocycles. The van der Waals surface area contributed by atoms with Crippen LogP contribution in [0.4, 0.5) is 0 Å². The molecule has 0 aliphatic carbocycles. The van der Waals surface area contributed by atoms with Crippen LogP contribution in [0.5, 0.6) is 0 Å². The topological polar surface area (TPSA) is 21.3 Å². The SMILES string of the molecule is CCNC(C)C(C)C1CCCOC1. The second-order valence-corrected chi connectivity index (χ2v) is 4.18. The molecule has 0 spiro atoms. The van der Waals surface area contributed by atoms with E-state index in [9.17, 15) is 0 Å². The summed E-state index contributed by atoms with van der Waals surface area (Å²) in [5, 5.41) is 3.49. The molecule has 0 aromatic carbocycles. The van der Waals surface area contributed by atoms with Gasteiger partial charge in [-0.2, -0.15) is 0 Å². The van der Waals surface area contributed by atoms with Crippen molar-refractivity contribution in [2.75, 3.05) is 19.8 Å². The Kier molecular flexibility index (Phi) is 4.74. The average Bonchev–Trinajstić information content (AvgIpc) is 2.18. The van der Waals surface area contributed by atoms with Crippen LogP contribution in [0.2, 0.25) is 0 Å². The first-order valence-corrected chi connectivity index (χ1v) is 5.56. The summed E-state index contributed by atoms with van der Waals surface area (Å²) >= 11 is 0. The van der Waals surface area contributed by atoms with Crippen molar-refractivity contribution < 1.29 is 4.74 Å². The predicted molar refractivity (Wildman–Crippen MR) is 55.8 cm³/mol. The van der Waals surface area contributed by atoms with Gasteiger partial charge in [0, 0.05) is 19.3 Å². The molecular weight excluding hydrogens is 162 g/mol. The third-order valence-electron chi connectivity index (χ3n) is 3.25. The summed E-state index contributed by atoms with van der Waals surface area (Å²) in [6, 6.07) is 0.622. The van der Waals surface area contributed by atoms with Gasteiger partial charge < -0.3 is 10.1 Å². The Balaban J connectivity index is 2.31. The number of rotatable bonds is 4. The van der Waals surface area contributed by atoms with Crippen molar-refractivity contribution in [2.24, 2.45) is 11.8 Å². The molecule has 1 N–H and O–H groups in total. The molecule has 1 aliphatic heterocycles. The smallest absolute Gasteiger partial charge is 0.0497 e. The molecule has 78 valence electrons. The van der Waals surface area contributed by atoms with E-state index in [2.05, 4.69) is 26.1 Å². The van der Waals surface area contributed by atoms with Gasteiger partial charge in [0.25, 0.3) is 0 Å². The molecule has 13 heavy (non-hydrogen) atoms. The lowest BCUT2D eigenvalue weighted by atomic mass is 9.84. The van der Waals surface area contributed by atoms with E-state index in [1.807, 2.05) is 0 Å². The molecule has 1 rings (SSSR count). The van der Waals surface area contributed by atoms with Crippen LogP contribution in [-0.2, 0) is 4.74 Å². The van der Waals surface area contributed by atoms with Crippen LogP contribution >= 0.6 is 0 Å². The lowest BCUT2D eigenvalue weighted by Crippen LogP contribution is -2.38. The maximum absolute atomic E-state index is 5.50. The number of ether oxygens (including phenoxy) is 1. The van der Waals surface area contributed by atoms with Gasteiger partial charge in [0.2, 0.25) is 0 Å². The van der Waals surface area contributed by atoms with Crippen LogP contribution < -0.4 is 5.32 Å². The maximum Gasteiger partial charge on any atom is 0.0497 e. The molecule has 0 radical (unpaired) electrons. The molecule has 2 heteroatoms. The van der Waals surface area contributed by atoms with Gasteiger partial charge in [-0.25, -0.2) is 0 Å². The summed E-state index contributed by atoms with van der Waals surface area (Å²) in [5.41, 5.74) is 0. The Hall–Kier alpha value is -0.0800. The van der Waals surface area contributed by atoms with E-state index in [-0.39, 0.29) is 0 Å². The van der Waals surface area contributed by atoms with Crippen molar-refractivity contribution in [1.82, 2.24) is 5.32 Å². The molecule has 0 saturated carbocycles. The zero-order valence-electron chi connectivity index (χ0n) is 9.18. The third-order valence-corrected chi connectivity index (χ3v) is 3.25. The zero-order chi connectivity index (χ0) is 9.68. The summed E-state index contributed by atoms with van der Waals surface area (Å²) in [6.07, 6.45) is 2.59. The number of nitrogens with one attached hydrogen (secondary N) is 1. The molecule has 1 aliphatic rings. The highest BCUT2D eigenvalue weighted by Crippen LogP contribution is 2.24. The molecule has 3 atom stereocenters. The molecule has 0 amide bonds. The van der Waals surface area contributed by atoms with Crippen molar-refractivity contribution in [2.45, 2.75) is 39.7 Å². The summed E-state index contributed by atoms with van der Waals surface area (Å²) in [4.78, 5) is 0. The molecule has 0 bridgehead atoms. The highest BCUT2D eigenvalue weighted by molar-refractivity contribution is 4.77. The minimum absolute atomic E-state index is 0.622. The molecular formula is C11H23NO. The fraction of sp³-hybridized carbons (Fsp3) is 1.00. The van der Waals surface area contributed by atoms with Crippen LogP contribution in [-0.4, -0.2) is 25.8 Å². The van der Waals surface area contributed by atoms with Gasteiger partial charge in [0.05, 0.1) is 0 Å². The maximum atomic E-state index is 5.50. The quantitative estimate of drug-likeness (QED) is 0.723. The molecule has 2 nitrogen and oxygen atoms in total. The van der Waals surface area contributed by atoms with Crippen LogP contribution in [0.1, 0.15) is 33.6 Å². The normalized spacial score (nSPS) is 28.4. The highest BCUT2D eigenvalue weighted by Gasteiger charge is 2.24. The minimum Gasteiger partial charge on any atom is -0.381 e. The van der Waals surface area contributed by atoms with Gasteiger partial charge in [-0.1, -0.05) is 13.8 Å². The lowest BCUT2D eigenvalue weighted by Gasteiger charge is -2.31. The largest absolute Gasteiger partial charge is 0.381 e. The van der Waals surface area contributed by atoms with Crippen molar-refractivity contribution in [3.8, 4) is 0 Å². The van der Waals surface area contributed by atoms with E-state index in [0.29, 0.717) is 6.04 Å². The monoisotopic (exact) mass is 185 g/mol. The van der Waals surface area contributed by atoms with E-state index >= 15 is 0 Å². The average molecular weight is 185 g/mol. The second kappa shape index (κ2) is 5.61. The van der Waals surface area contributed by atoms with Gasteiger partial charge >= 0.3 is 0 Å². The van der Waals surface area contributed by atoms with Crippen LogP contribution in [0.15, 0.2) is 0 Å². The lowest BCUT2D eigenvalue weighted by molar-refractivity contribution is 0.0275. The molecule has 1 saturated heterocycles. The minimum atomic E-state index is 0.622. The molecule has 1 fully saturated rings. The zero-order valence-corrected chi connectivity index (χ0v) is 9.18. The first kappa shape index (κ1) is 11.0. The second-order valence-electron chi connectivity index (χ2n) is 4.18. The Morgan fingerprint density at radius 1 is 1.46 bits per heavy atom. The molecule has 0 aromatic rings. The predicted octanol–water partition coefficient (Wildman–Crippen LogP) is 2.05. The first-order chi connectivity index (χ1) is 6.25. The van der Waals surface area contributed by atoms with Crippen molar-refractivity contribution in [3.05, 3.63) is 0 Å². The number of hydrogen-bond acceptors (Lipinski definition) is 2. The molecule has 0 aromatic heterocycles. The Bertz CT molecular complexity index is 132. The van der Waals surface area contributed by atoms with E-state index in [1.54, 1.807) is 0 Å². The fourth-order valence-corrected chi connectivity index (χ4v) is 2.10. The first-order valence-electron chi connectivity index (χ1n) is 5.56. The van der Waals surface area contributed by atoms with Gasteiger partial charge in [0.15, 0.2) is 0 Å². The van der Waals surface area contributed by atoms with E-state index in [0.717, 1.165) is 31.6 Å². The highest BCUT2D eigenvalue weighted by atomic mass is 16.5. The van der Waals surface area contributed by atoms with Gasteiger partial charge in [0.1, 0.15) is 0 Å². The Morgan fingerprint density at radius 3 is 2.77 bits per heavy atom. The van der Waals surface area contributed by atoms with Crippen LogP contribution in [0.3, 0.4) is 0 Å². The summed E-state index contributed by atoms with van der Waals surface area (Å²) in [5.74, 6) is 1.50. The Labute approximate surface area is 82.0 Å². The summed E-state index contributed by atoms with van der Waals surface area (Å²) < 4.78 is 5.50. The van der Waals surface area contributed by atoms with E-state index in [1.165, 1.54) is 12.8 Å². The van der Waals surface area contributed by atoms with Crippen LogP contribution in [0.25, 0.3) is 0 Å². The van der Waals surface area contributed by atoms with Gasteiger partial charge in [-0.05, 0) is 38.1 Å². The van der Waals surface area contributed by atoms with Crippen molar-refractivity contribution >= 4 is 0 Å². The Morgan fingerprint density at radius 2 is 2.23 bits per heavy atom.